The van der Waals surface area contributed by atoms with Crippen molar-refractivity contribution in [1.82, 2.24) is 9.46 Å². The minimum atomic E-state index is -4.53. The fraction of sp³-hybridized carbons (Fsp3) is 0.750. The Labute approximate surface area is 126 Å². The lowest BCUT2D eigenvalue weighted by Gasteiger charge is -2.30. The van der Waals surface area contributed by atoms with Gasteiger partial charge in [0.25, 0.3) is 0 Å². The van der Waals surface area contributed by atoms with Gasteiger partial charge in [-0.15, -0.1) is 0 Å². The van der Waals surface area contributed by atoms with Gasteiger partial charge in [0.05, 0.1) is 18.6 Å². The highest BCUT2D eigenvalue weighted by atomic mass is 32.2. The Morgan fingerprint density at radius 2 is 2.14 bits per heavy atom. The van der Waals surface area contributed by atoms with Gasteiger partial charge in [-0.05, 0) is 19.8 Å². The van der Waals surface area contributed by atoms with Crippen molar-refractivity contribution in [2.75, 3.05) is 25.4 Å². The van der Waals surface area contributed by atoms with Crippen molar-refractivity contribution in [3.63, 3.8) is 0 Å². The SMILES string of the molecule is CC1(C(F)(F)F)CCN(S(=O)(=O)CCc2cnoc2)CCO1. The van der Waals surface area contributed by atoms with Crippen molar-refractivity contribution >= 4 is 10.0 Å². The molecule has 0 bridgehead atoms. The lowest BCUT2D eigenvalue weighted by Crippen LogP contribution is -2.45. The monoisotopic (exact) mass is 342 g/mol. The molecule has 6 nitrogen and oxygen atoms in total. The van der Waals surface area contributed by atoms with Gasteiger partial charge < -0.3 is 9.26 Å². The van der Waals surface area contributed by atoms with E-state index in [1.807, 2.05) is 0 Å². The maximum absolute atomic E-state index is 13.0. The van der Waals surface area contributed by atoms with Crippen LogP contribution in [-0.4, -0.2) is 55.1 Å². The van der Waals surface area contributed by atoms with E-state index in [1.54, 1.807) is 0 Å². The second kappa shape index (κ2) is 6.17. The topological polar surface area (TPSA) is 72.6 Å². The van der Waals surface area contributed by atoms with Crippen LogP contribution in [-0.2, 0) is 21.2 Å². The molecule has 1 saturated heterocycles. The molecular weight excluding hydrogens is 325 g/mol. The van der Waals surface area contributed by atoms with E-state index in [1.165, 1.54) is 12.5 Å². The maximum Gasteiger partial charge on any atom is 0.417 e. The molecule has 1 fully saturated rings. The van der Waals surface area contributed by atoms with E-state index in [4.69, 9.17) is 4.74 Å². The van der Waals surface area contributed by atoms with Gasteiger partial charge in [0.2, 0.25) is 10.0 Å². The van der Waals surface area contributed by atoms with Crippen LogP contribution in [0.2, 0.25) is 0 Å². The summed E-state index contributed by atoms with van der Waals surface area (Å²) in [4.78, 5) is 0. The summed E-state index contributed by atoms with van der Waals surface area (Å²) in [5, 5.41) is 3.47. The molecule has 22 heavy (non-hydrogen) atoms. The van der Waals surface area contributed by atoms with Gasteiger partial charge in [0.1, 0.15) is 6.26 Å². The van der Waals surface area contributed by atoms with Crippen LogP contribution in [0.4, 0.5) is 13.2 Å². The van der Waals surface area contributed by atoms with E-state index < -0.39 is 28.2 Å². The van der Waals surface area contributed by atoms with Crippen LogP contribution < -0.4 is 0 Å². The third-order valence-corrected chi connectivity index (χ3v) is 5.60. The van der Waals surface area contributed by atoms with E-state index in [9.17, 15) is 21.6 Å². The van der Waals surface area contributed by atoms with Crippen LogP contribution in [0.15, 0.2) is 17.0 Å². The van der Waals surface area contributed by atoms with E-state index in [0.29, 0.717) is 5.56 Å². The highest BCUT2D eigenvalue weighted by molar-refractivity contribution is 7.89. The Bertz CT molecular complexity index is 588. The number of aromatic nitrogens is 1. The number of nitrogens with zero attached hydrogens (tertiary/aromatic N) is 2. The van der Waals surface area contributed by atoms with E-state index >= 15 is 0 Å². The fourth-order valence-electron chi connectivity index (χ4n) is 2.12. The van der Waals surface area contributed by atoms with Crippen molar-refractivity contribution in [1.29, 1.82) is 0 Å². The number of halogens is 3. The molecule has 0 radical (unpaired) electrons. The Hall–Kier alpha value is -1.13. The zero-order valence-electron chi connectivity index (χ0n) is 12.0. The molecule has 126 valence electrons. The van der Waals surface area contributed by atoms with Crippen molar-refractivity contribution in [2.45, 2.75) is 31.5 Å². The molecule has 1 atom stereocenters. The number of sulfonamides is 1. The van der Waals surface area contributed by atoms with Gasteiger partial charge in [-0.1, -0.05) is 5.16 Å². The van der Waals surface area contributed by atoms with Crippen LogP contribution >= 0.6 is 0 Å². The molecule has 1 aromatic rings. The summed E-state index contributed by atoms with van der Waals surface area (Å²) in [5.74, 6) is -0.211. The van der Waals surface area contributed by atoms with Gasteiger partial charge in [-0.25, -0.2) is 8.42 Å². The normalized spacial score (nSPS) is 25.1. The molecule has 2 heterocycles. The number of hydrogen-bond acceptors (Lipinski definition) is 5. The molecule has 0 amide bonds. The maximum atomic E-state index is 13.0. The summed E-state index contributed by atoms with van der Waals surface area (Å²) < 4.78 is 73.9. The summed E-state index contributed by atoms with van der Waals surface area (Å²) in [6.45, 7) is 0.350. The lowest BCUT2D eigenvalue weighted by atomic mass is 10.0. The third kappa shape index (κ3) is 3.79. The Balaban J connectivity index is 2.00. The van der Waals surface area contributed by atoms with E-state index in [2.05, 4.69) is 9.68 Å². The largest absolute Gasteiger partial charge is 0.417 e. The average Bonchev–Trinajstić information content (AvgIpc) is 2.83. The standard InChI is InChI=1S/C12H17F3N2O4S/c1-11(12(13,14)15)3-4-17(5-6-20-11)22(18,19)7-2-10-8-16-21-9-10/h8-9H,2-7H2,1H3. The van der Waals surface area contributed by atoms with Crippen molar-refractivity contribution in [2.24, 2.45) is 0 Å². The molecule has 1 aliphatic heterocycles. The number of aryl methyl sites for hydroxylation is 1. The summed E-state index contributed by atoms with van der Waals surface area (Å²) in [7, 11) is -3.66. The van der Waals surface area contributed by atoms with Crippen LogP contribution in [0.5, 0.6) is 0 Å². The summed E-state index contributed by atoms with van der Waals surface area (Å²) in [5.41, 5.74) is -1.69. The van der Waals surface area contributed by atoms with Crippen molar-refractivity contribution in [3.05, 3.63) is 18.0 Å². The van der Waals surface area contributed by atoms with E-state index in [-0.39, 0.29) is 31.9 Å². The zero-order valence-corrected chi connectivity index (χ0v) is 12.8. The third-order valence-electron chi connectivity index (χ3n) is 3.72. The van der Waals surface area contributed by atoms with Gasteiger partial charge in [-0.2, -0.15) is 17.5 Å². The zero-order chi connectivity index (χ0) is 16.4. The molecule has 1 unspecified atom stereocenters. The first-order valence-corrected chi connectivity index (χ1v) is 8.32. The van der Waals surface area contributed by atoms with Crippen LogP contribution in [0.25, 0.3) is 0 Å². The molecule has 0 N–H and O–H groups in total. The molecular formula is C12H17F3N2O4S. The van der Waals surface area contributed by atoms with Gasteiger partial charge >= 0.3 is 6.18 Å². The molecule has 0 aliphatic carbocycles. The highest BCUT2D eigenvalue weighted by Crippen LogP contribution is 2.37. The minimum absolute atomic E-state index is 0.0857. The Morgan fingerprint density at radius 3 is 2.73 bits per heavy atom. The molecule has 1 aliphatic rings. The molecule has 10 heteroatoms. The smallest absolute Gasteiger partial charge is 0.364 e. The number of alkyl halides is 3. The fourth-order valence-corrected chi connectivity index (χ4v) is 3.60. The van der Waals surface area contributed by atoms with Crippen LogP contribution in [0, 0.1) is 0 Å². The molecule has 1 aromatic heterocycles. The number of rotatable bonds is 4. The van der Waals surface area contributed by atoms with Gasteiger partial charge in [0, 0.05) is 18.7 Å². The van der Waals surface area contributed by atoms with Crippen molar-refractivity contribution < 1.29 is 30.8 Å². The second-order valence-corrected chi connectivity index (χ2v) is 7.41. The van der Waals surface area contributed by atoms with E-state index in [0.717, 1.165) is 11.2 Å². The molecule has 0 saturated carbocycles. The van der Waals surface area contributed by atoms with Crippen LogP contribution in [0.3, 0.4) is 0 Å². The average molecular weight is 342 g/mol. The predicted molar refractivity (Wildman–Crippen MR) is 70.6 cm³/mol. The van der Waals surface area contributed by atoms with Crippen LogP contribution in [0.1, 0.15) is 18.9 Å². The Kier molecular flexibility index (Phi) is 4.83. The second-order valence-electron chi connectivity index (χ2n) is 5.32. The molecule has 2 rings (SSSR count). The summed E-state index contributed by atoms with van der Waals surface area (Å²) in [6.07, 6.45) is -2.03. The molecule has 0 aromatic carbocycles. The summed E-state index contributed by atoms with van der Waals surface area (Å²) in [6, 6.07) is 0. The first kappa shape index (κ1) is 17.2. The quantitative estimate of drug-likeness (QED) is 0.831. The predicted octanol–water partition coefficient (Wildman–Crippen LogP) is 1.59. The molecule has 0 spiro atoms. The van der Waals surface area contributed by atoms with Crippen molar-refractivity contribution in [3.8, 4) is 0 Å². The first-order valence-electron chi connectivity index (χ1n) is 6.71. The summed E-state index contributed by atoms with van der Waals surface area (Å²) >= 11 is 0. The Morgan fingerprint density at radius 1 is 1.41 bits per heavy atom. The number of ether oxygens (including phenoxy) is 1. The van der Waals surface area contributed by atoms with Gasteiger partial charge in [0.15, 0.2) is 5.60 Å². The lowest BCUT2D eigenvalue weighted by molar-refractivity contribution is -0.269. The van der Waals surface area contributed by atoms with Gasteiger partial charge in [-0.3, -0.25) is 0 Å². The highest BCUT2D eigenvalue weighted by Gasteiger charge is 2.53. The minimum Gasteiger partial charge on any atom is -0.364 e. The first-order chi connectivity index (χ1) is 10.1. The number of hydrogen-bond donors (Lipinski definition) is 0.